The third-order valence-electron chi connectivity index (χ3n) is 3.90. The molecular formula is C15H16O. The van der Waals surface area contributed by atoms with E-state index in [4.69, 9.17) is 0 Å². The molecule has 0 spiro atoms. The summed E-state index contributed by atoms with van der Waals surface area (Å²) in [5.74, 6) is 1.01. The Balaban J connectivity index is 1.99. The van der Waals surface area contributed by atoms with Crippen molar-refractivity contribution in [2.75, 3.05) is 0 Å². The highest BCUT2D eigenvalue weighted by Crippen LogP contribution is 2.41. The molecular weight excluding hydrogens is 196 g/mol. The highest BCUT2D eigenvalue weighted by molar-refractivity contribution is 5.97. The molecule has 1 fully saturated rings. The molecule has 82 valence electrons. The van der Waals surface area contributed by atoms with Gasteiger partial charge in [-0.15, -0.1) is 0 Å². The Bertz CT molecular complexity index is 430. The number of rotatable bonds is 1. The van der Waals surface area contributed by atoms with Crippen molar-refractivity contribution in [3.63, 3.8) is 0 Å². The summed E-state index contributed by atoms with van der Waals surface area (Å²) in [5.41, 5.74) is 2.52. The minimum Gasteiger partial charge on any atom is -0.299 e. The van der Waals surface area contributed by atoms with Gasteiger partial charge in [-0.3, -0.25) is 4.79 Å². The predicted molar refractivity (Wildman–Crippen MR) is 64.9 cm³/mol. The van der Waals surface area contributed by atoms with Crippen molar-refractivity contribution in [1.29, 1.82) is 0 Å². The Morgan fingerprint density at radius 1 is 1.06 bits per heavy atom. The van der Waals surface area contributed by atoms with Gasteiger partial charge in [0.2, 0.25) is 0 Å². The molecule has 1 heteroatoms. The SMILES string of the molecule is O=C1C2CC=C(c3ccccc3)C1CCC2. The highest BCUT2D eigenvalue weighted by atomic mass is 16.1. The molecule has 1 nitrogen and oxygen atoms in total. The van der Waals surface area contributed by atoms with Crippen LogP contribution >= 0.6 is 0 Å². The molecule has 16 heavy (non-hydrogen) atoms. The fourth-order valence-electron chi connectivity index (χ4n) is 3.04. The molecule has 2 aliphatic rings. The molecule has 1 aromatic carbocycles. The second kappa shape index (κ2) is 3.89. The fraction of sp³-hybridized carbons (Fsp3) is 0.400. The van der Waals surface area contributed by atoms with E-state index in [1.54, 1.807) is 0 Å². The predicted octanol–water partition coefficient (Wildman–Crippen LogP) is 3.46. The number of Topliss-reactive ketones (excluding diaryl/α,β-unsaturated/α-hetero) is 1. The van der Waals surface area contributed by atoms with Crippen LogP contribution in [0, 0.1) is 11.8 Å². The molecule has 3 rings (SSSR count). The van der Waals surface area contributed by atoms with Gasteiger partial charge in [-0.05, 0) is 30.4 Å². The zero-order valence-corrected chi connectivity index (χ0v) is 9.36. The third kappa shape index (κ3) is 1.51. The topological polar surface area (TPSA) is 17.1 Å². The molecule has 2 atom stereocenters. The van der Waals surface area contributed by atoms with Crippen LogP contribution in [-0.4, -0.2) is 5.78 Å². The van der Waals surface area contributed by atoms with Gasteiger partial charge in [-0.1, -0.05) is 42.8 Å². The van der Waals surface area contributed by atoms with Crippen molar-refractivity contribution in [2.24, 2.45) is 11.8 Å². The first-order valence-corrected chi connectivity index (χ1v) is 6.15. The summed E-state index contributed by atoms with van der Waals surface area (Å²) in [4.78, 5) is 12.2. The maximum absolute atomic E-state index is 12.2. The molecule has 1 saturated carbocycles. The molecule has 2 bridgehead atoms. The molecule has 0 amide bonds. The van der Waals surface area contributed by atoms with Gasteiger partial charge in [0.1, 0.15) is 5.78 Å². The average molecular weight is 212 g/mol. The van der Waals surface area contributed by atoms with Crippen LogP contribution in [0.25, 0.3) is 5.57 Å². The van der Waals surface area contributed by atoms with Crippen LogP contribution in [0.4, 0.5) is 0 Å². The van der Waals surface area contributed by atoms with Crippen molar-refractivity contribution >= 4 is 11.4 Å². The largest absolute Gasteiger partial charge is 0.299 e. The number of hydrogen-bond acceptors (Lipinski definition) is 1. The van der Waals surface area contributed by atoms with Crippen LogP contribution in [0.1, 0.15) is 31.2 Å². The van der Waals surface area contributed by atoms with E-state index in [0.29, 0.717) is 11.7 Å². The number of carbonyl (C=O) groups is 1. The smallest absolute Gasteiger partial charge is 0.143 e. The third-order valence-corrected chi connectivity index (χ3v) is 3.90. The van der Waals surface area contributed by atoms with Gasteiger partial charge in [-0.2, -0.15) is 0 Å². The zero-order chi connectivity index (χ0) is 11.0. The van der Waals surface area contributed by atoms with Gasteiger partial charge in [0.15, 0.2) is 0 Å². The van der Waals surface area contributed by atoms with Gasteiger partial charge in [0, 0.05) is 11.8 Å². The Hall–Kier alpha value is -1.37. The summed E-state index contributed by atoms with van der Waals surface area (Å²) in [5, 5.41) is 0. The monoisotopic (exact) mass is 212 g/mol. The van der Waals surface area contributed by atoms with Crippen molar-refractivity contribution in [1.82, 2.24) is 0 Å². The Kier molecular flexibility index (Phi) is 2.39. The van der Waals surface area contributed by atoms with Crippen molar-refractivity contribution in [2.45, 2.75) is 25.7 Å². The summed E-state index contributed by atoms with van der Waals surface area (Å²) < 4.78 is 0. The molecule has 0 aromatic heterocycles. The molecule has 2 aliphatic carbocycles. The van der Waals surface area contributed by atoms with Crippen LogP contribution in [-0.2, 0) is 4.79 Å². The summed E-state index contributed by atoms with van der Waals surface area (Å²) in [7, 11) is 0. The molecule has 1 aromatic rings. The van der Waals surface area contributed by atoms with Crippen LogP contribution in [0.5, 0.6) is 0 Å². The van der Waals surface area contributed by atoms with E-state index in [1.165, 1.54) is 17.6 Å². The standard InChI is InChI=1S/C15H16O/c16-15-12-7-4-8-14(15)13(10-9-12)11-5-2-1-3-6-11/h1-3,5-6,10,12,14H,4,7-9H2. The van der Waals surface area contributed by atoms with Crippen LogP contribution in [0.15, 0.2) is 36.4 Å². The van der Waals surface area contributed by atoms with Crippen LogP contribution in [0.2, 0.25) is 0 Å². The molecule has 0 heterocycles. The summed E-state index contributed by atoms with van der Waals surface area (Å²) in [6, 6.07) is 10.4. The molecule has 0 radical (unpaired) electrons. The lowest BCUT2D eigenvalue weighted by Crippen LogP contribution is -2.32. The molecule has 2 unspecified atom stereocenters. The maximum atomic E-state index is 12.2. The summed E-state index contributed by atoms with van der Waals surface area (Å²) in [6.07, 6.45) is 6.62. The molecule has 0 aliphatic heterocycles. The Morgan fingerprint density at radius 3 is 2.69 bits per heavy atom. The summed E-state index contributed by atoms with van der Waals surface area (Å²) >= 11 is 0. The lowest BCUT2D eigenvalue weighted by atomic mass is 9.69. The van der Waals surface area contributed by atoms with Crippen LogP contribution < -0.4 is 0 Å². The number of fused-ring (bicyclic) bond motifs is 2. The minimum absolute atomic E-state index is 0.190. The average Bonchev–Trinajstić information content (AvgIpc) is 2.30. The highest BCUT2D eigenvalue weighted by Gasteiger charge is 2.36. The van der Waals surface area contributed by atoms with Crippen molar-refractivity contribution in [3.8, 4) is 0 Å². The van der Waals surface area contributed by atoms with Crippen LogP contribution in [0.3, 0.4) is 0 Å². The van der Waals surface area contributed by atoms with Gasteiger partial charge in [0.05, 0.1) is 0 Å². The number of carbonyl (C=O) groups excluding carboxylic acids is 1. The minimum atomic E-state index is 0.190. The first kappa shape index (κ1) is 9.83. The summed E-state index contributed by atoms with van der Waals surface area (Å²) in [6.45, 7) is 0. The van der Waals surface area contributed by atoms with E-state index in [1.807, 2.05) is 6.07 Å². The number of benzene rings is 1. The van der Waals surface area contributed by atoms with E-state index in [-0.39, 0.29) is 5.92 Å². The fourth-order valence-corrected chi connectivity index (χ4v) is 3.04. The maximum Gasteiger partial charge on any atom is 0.143 e. The van der Waals surface area contributed by atoms with Gasteiger partial charge >= 0.3 is 0 Å². The van der Waals surface area contributed by atoms with E-state index in [0.717, 1.165) is 19.3 Å². The normalized spacial score (nSPS) is 28.8. The Labute approximate surface area is 96.2 Å². The van der Waals surface area contributed by atoms with E-state index < -0.39 is 0 Å². The van der Waals surface area contributed by atoms with Gasteiger partial charge < -0.3 is 0 Å². The molecule has 0 N–H and O–H groups in total. The lowest BCUT2D eigenvalue weighted by Gasteiger charge is -2.33. The number of ketones is 1. The van der Waals surface area contributed by atoms with Crippen molar-refractivity contribution < 1.29 is 4.79 Å². The lowest BCUT2D eigenvalue weighted by molar-refractivity contribution is -0.127. The van der Waals surface area contributed by atoms with Gasteiger partial charge in [-0.25, -0.2) is 0 Å². The van der Waals surface area contributed by atoms with Gasteiger partial charge in [0.25, 0.3) is 0 Å². The molecule has 0 saturated heterocycles. The number of hydrogen-bond donors (Lipinski definition) is 0. The zero-order valence-electron chi connectivity index (χ0n) is 9.36. The van der Waals surface area contributed by atoms with E-state index >= 15 is 0 Å². The van der Waals surface area contributed by atoms with E-state index in [2.05, 4.69) is 30.3 Å². The second-order valence-corrected chi connectivity index (χ2v) is 4.84. The quantitative estimate of drug-likeness (QED) is 0.696. The van der Waals surface area contributed by atoms with Crippen molar-refractivity contribution in [3.05, 3.63) is 42.0 Å². The van der Waals surface area contributed by atoms with E-state index in [9.17, 15) is 4.79 Å². The number of allylic oxidation sites excluding steroid dienone is 2. The Morgan fingerprint density at radius 2 is 1.88 bits per heavy atom. The first-order chi connectivity index (χ1) is 7.86. The first-order valence-electron chi connectivity index (χ1n) is 6.15. The second-order valence-electron chi connectivity index (χ2n) is 4.84.